The van der Waals surface area contributed by atoms with Crippen LogP contribution in [0.15, 0.2) is 39.4 Å². The fraction of sp³-hybridized carbons (Fsp3) is 0.520. The molecule has 32 heavy (non-hydrogen) atoms. The van der Waals surface area contributed by atoms with E-state index in [0.29, 0.717) is 13.0 Å². The summed E-state index contributed by atoms with van der Waals surface area (Å²) >= 11 is 3.46. The van der Waals surface area contributed by atoms with Gasteiger partial charge in [-0.25, -0.2) is 0 Å². The Labute approximate surface area is 197 Å². The predicted octanol–water partition coefficient (Wildman–Crippen LogP) is 4.06. The second-order valence-electron chi connectivity index (χ2n) is 9.01. The molecule has 0 bridgehead atoms. The minimum Gasteiger partial charge on any atom is -0.507 e. The highest BCUT2D eigenvalue weighted by molar-refractivity contribution is 9.10. The van der Waals surface area contributed by atoms with Crippen LogP contribution in [0, 0.1) is 17.8 Å². The first-order valence-electron chi connectivity index (χ1n) is 11.3. The standard InChI is InChI=1S/C25H30BrNO5/c1-3-4-14(9-15-10-17(26)6-7-20(15)29)5-8-21-22-16(12-28)11-18-23(19(22)13-32-21)25(31)27(2)24(18)30/h6-7,9-10,18-19,21,23,28-29H,3-5,8,11-13H2,1-2H3/b14-9+/t18-,19+,21-,23-/m1/s1. The van der Waals surface area contributed by atoms with Crippen LogP contribution in [0.5, 0.6) is 5.75 Å². The Hall–Kier alpha value is -1.96. The van der Waals surface area contributed by atoms with E-state index in [9.17, 15) is 19.8 Å². The number of phenols is 1. The number of hydrogen-bond donors (Lipinski definition) is 2. The third-order valence-electron chi connectivity index (χ3n) is 7.07. The maximum Gasteiger partial charge on any atom is 0.233 e. The van der Waals surface area contributed by atoms with Crippen LogP contribution in [0.3, 0.4) is 0 Å². The molecule has 0 saturated carbocycles. The highest BCUT2D eigenvalue weighted by Crippen LogP contribution is 2.49. The molecule has 2 fully saturated rings. The number of phenolic OH excluding ortho intramolecular Hbond substituents is 1. The van der Waals surface area contributed by atoms with Crippen molar-refractivity contribution >= 4 is 33.8 Å². The number of likely N-dealkylation sites (tertiary alicyclic amines) is 1. The first-order chi connectivity index (χ1) is 15.3. The molecular formula is C25H30BrNO5. The molecule has 1 aromatic carbocycles. The topological polar surface area (TPSA) is 87.1 Å². The molecule has 2 heterocycles. The number of ether oxygens (including phenoxy) is 1. The van der Waals surface area contributed by atoms with E-state index in [1.54, 1.807) is 13.1 Å². The highest BCUT2D eigenvalue weighted by atomic mass is 79.9. The van der Waals surface area contributed by atoms with Crippen LogP contribution < -0.4 is 0 Å². The van der Waals surface area contributed by atoms with Crippen LogP contribution in [-0.4, -0.2) is 53.3 Å². The zero-order valence-electron chi connectivity index (χ0n) is 18.5. The summed E-state index contributed by atoms with van der Waals surface area (Å²) in [6.45, 7) is 2.43. The molecule has 6 nitrogen and oxygen atoms in total. The second-order valence-corrected chi connectivity index (χ2v) is 9.93. The summed E-state index contributed by atoms with van der Waals surface area (Å²) in [7, 11) is 1.55. The van der Waals surface area contributed by atoms with Crippen molar-refractivity contribution in [1.82, 2.24) is 4.90 Å². The van der Waals surface area contributed by atoms with Crippen LogP contribution >= 0.6 is 15.9 Å². The molecule has 0 spiro atoms. The van der Waals surface area contributed by atoms with Gasteiger partial charge in [-0.1, -0.05) is 40.9 Å². The fourth-order valence-electron chi connectivity index (χ4n) is 5.54. The molecule has 3 aliphatic rings. The van der Waals surface area contributed by atoms with Crippen molar-refractivity contribution < 1.29 is 24.5 Å². The number of imide groups is 1. The Kier molecular flexibility index (Phi) is 6.89. The Morgan fingerprint density at radius 2 is 2.03 bits per heavy atom. The molecule has 7 heteroatoms. The number of amides is 2. The number of allylic oxidation sites excluding steroid dienone is 1. The monoisotopic (exact) mass is 503 g/mol. The van der Waals surface area contributed by atoms with E-state index in [0.717, 1.165) is 46.9 Å². The van der Waals surface area contributed by atoms with E-state index < -0.39 is 0 Å². The van der Waals surface area contributed by atoms with E-state index in [1.807, 2.05) is 18.2 Å². The maximum atomic E-state index is 12.7. The first-order valence-corrected chi connectivity index (χ1v) is 12.1. The SMILES string of the molecule is CCC/C(=C\c1cc(Br)ccc1O)CC[C@H]1OC[C@H]2C1=C(CO)C[C@H]1C(=O)N(C)C(=O)[C@H]12. The van der Waals surface area contributed by atoms with E-state index in [-0.39, 0.29) is 48.0 Å². The Morgan fingerprint density at radius 3 is 2.75 bits per heavy atom. The zero-order chi connectivity index (χ0) is 23.0. The maximum absolute atomic E-state index is 12.7. The van der Waals surface area contributed by atoms with Crippen LogP contribution in [0.1, 0.15) is 44.6 Å². The molecule has 4 rings (SSSR count). The molecule has 2 aliphatic heterocycles. The van der Waals surface area contributed by atoms with Gasteiger partial charge in [0, 0.05) is 23.0 Å². The third-order valence-corrected chi connectivity index (χ3v) is 7.56. The molecule has 0 radical (unpaired) electrons. The number of halogens is 1. The van der Waals surface area contributed by atoms with Gasteiger partial charge in [0.25, 0.3) is 0 Å². The molecule has 1 aromatic rings. The summed E-state index contributed by atoms with van der Waals surface area (Å²) in [6.07, 6.45) is 5.76. The van der Waals surface area contributed by atoms with Gasteiger partial charge in [0.05, 0.1) is 31.2 Å². The molecule has 2 saturated heterocycles. The van der Waals surface area contributed by atoms with Gasteiger partial charge in [0.15, 0.2) is 0 Å². The summed E-state index contributed by atoms with van der Waals surface area (Å²) in [5.41, 5.74) is 3.90. The zero-order valence-corrected chi connectivity index (χ0v) is 20.1. The summed E-state index contributed by atoms with van der Waals surface area (Å²) < 4.78 is 7.06. The first kappa shape index (κ1) is 23.2. The Bertz CT molecular complexity index is 985. The van der Waals surface area contributed by atoms with Gasteiger partial charge in [0.1, 0.15) is 5.75 Å². The number of aliphatic hydroxyl groups is 1. The number of carbonyl (C=O) groups excluding carboxylic acids is 2. The van der Waals surface area contributed by atoms with Crippen LogP contribution in [0.25, 0.3) is 6.08 Å². The number of rotatable bonds is 7. The number of nitrogens with zero attached hydrogens (tertiary/aromatic N) is 1. The number of hydrogen-bond acceptors (Lipinski definition) is 5. The van der Waals surface area contributed by atoms with Crippen molar-refractivity contribution in [2.75, 3.05) is 20.3 Å². The third kappa shape index (κ3) is 4.18. The van der Waals surface area contributed by atoms with Crippen LogP contribution in [0.2, 0.25) is 0 Å². The molecule has 1 aliphatic carbocycles. The largest absolute Gasteiger partial charge is 0.507 e. The molecule has 0 unspecified atom stereocenters. The summed E-state index contributed by atoms with van der Waals surface area (Å²) in [6, 6.07) is 5.39. The quantitative estimate of drug-likeness (QED) is 0.432. The lowest BCUT2D eigenvalue weighted by Gasteiger charge is -2.31. The lowest BCUT2D eigenvalue weighted by atomic mass is 9.69. The van der Waals surface area contributed by atoms with Gasteiger partial charge in [-0.15, -0.1) is 0 Å². The van der Waals surface area contributed by atoms with Crippen molar-refractivity contribution in [2.24, 2.45) is 17.8 Å². The summed E-state index contributed by atoms with van der Waals surface area (Å²) in [4.78, 5) is 26.5. The van der Waals surface area contributed by atoms with Crippen molar-refractivity contribution in [1.29, 1.82) is 0 Å². The van der Waals surface area contributed by atoms with Gasteiger partial charge >= 0.3 is 0 Å². The molecular weight excluding hydrogens is 474 g/mol. The summed E-state index contributed by atoms with van der Waals surface area (Å²) in [5, 5.41) is 20.3. The second kappa shape index (κ2) is 9.49. The van der Waals surface area contributed by atoms with Crippen molar-refractivity contribution in [3.63, 3.8) is 0 Å². The fourth-order valence-corrected chi connectivity index (χ4v) is 5.92. The predicted molar refractivity (Wildman–Crippen MR) is 125 cm³/mol. The molecule has 0 aromatic heterocycles. The number of aromatic hydroxyl groups is 1. The van der Waals surface area contributed by atoms with E-state index >= 15 is 0 Å². The minimum atomic E-state index is -0.374. The van der Waals surface area contributed by atoms with Gasteiger partial charge in [-0.05, 0) is 55.0 Å². The lowest BCUT2D eigenvalue weighted by molar-refractivity contribution is -0.138. The van der Waals surface area contributed by atoms with Gasteiger partial charge in [0.2, 0.25) is 11.8 Å². The molecule has 4 atom stereocenters. The smallest absolute Gasteiger partial charge is 0.233 e. The highest BCUT2D eigenvalue weighted by Gasteiger charge is 2.55. The number of benzene rings is 1. The Morgan fingerprint density at radius 1 is 1.25 bits per heavy atom. The number of aliphatic hydroxyl groups excluding tert-OH is 1. The summed E-state index contributed by atoms with van der Waals surface area (Å²) in [5.74, 6) is -0.894. The van der Waals surface area contributed by atoms with Crippen molar-refractivity contribution in [3.05, 3.63) is 45.0 Å². The van der Waals surface area contributed by atoms with E-state index in [2.05, 4.69) is 22.9 Å². The van der Waals surface area contributed by atoms with Gasteiger partial charge in [-0.3, -0.25) is 14.5 Å². The lowest BCUT2D eigenvalue weighted by Crippen LogP contribution is -2.34. The number of carbonyl (C=O) groups is 2. The minimum absolute atomic E-state index is 0.107. The molecule has 2 N–H and O–H groups in total. The number of fused-ring (bicyclic) bond motifs is 3. The van der Waals surface area contributed by atoms with Gasteiger partial charge in [-0.2, -0.15) is 0 Å². The van der Waals surface area contributed by atoms with Crippen LogP contribution in [0.4, 0.5) is 0 Å². The van der Waals surface area contributed by atoms with Crippen LogP contribution in [-0.2, 0) is 14.3 Å². The van der Waals surface area contributed by atoms with E-state index in [1.165, 1.54) is 10.5 Å². The van der Waals surface area contributed by atoms with Crippen molar-refractivity contribution in [3.8, 4) is 5.75 Å². The average Bonchev–Trinajstić information content (AvgIpc) is 3.29. The Balaban J connectivity index is 1.55. The van der Waals surface area contributed by atoms with E-state index in [4.69, 9.17) is 4.74 Å². The molecule has 2 amide bonds. The molecule has 172 valence electrons. The normalized spacial score (nSPS) is 27.9. The van der Waals surface area contributed by atoms with Gasteiger partial charge < -0.3 is 14.9 Å². The van der Waals surface area contributed by atoms with Crippen molar-refractivity contribution in [2.45, 2.75) is 45.1 Å². The average molecular weight is 504 g/mol.